The molecule has 0 aliphatic heterocycles. The van der Waals surface area contributed by atoms with E-state index >= 15 is 0 Å². The van der Waals surface area contributed by atoms with Crippen LogP contribution in [0.4, 0.5) is 5.69 Å². The van der Waals surface area contributed by atoms with Gasteiger partial charge < -0.3 is 10.1 Å². The molecule has 1 amide bonds. The van der Waals surface area contributed by atoms with E-state index in [1.54, 1.807) is 11.3 Å². The molecule has 0 radical (unpaired) electrons. The summed E-state index contributed by atoms with van der Waals surface area (Å²) in [5, 5.41) is 3.73. The van der Waals surface area contributed by atoms with E-state index in [4.69, 9.17) is 4.74 Å². The quantitative estimate of drug-likeness (QED) is 0.693. The highest BCUT2D eigenvalue weighted by Gasteiger charge is 2.06. The van der Waals surface area contributed by atoms with Gasteiger partial charge in [-0.2, -0.15) is 0 Å². The van der Waals surface area contributed by atoms with Gasteiger partial charge in [0.15, 0.2) is 0 Å². The van der Waals surface area contributed by atoms with Crippen LogP contribution in [-0.2, 0) is 22.6 Å². The van der Waals surface area contributed by atoms with Crippen LogP contribution in [0.5, 0.6) is 0 Å². The first kappa shape index (κ1) is 16.6. The Morgan fingerprint density at radius 3 is 2.71 bits per heavy atom. The van der Waals surface area contributed by atoms with E-state index in [2.05, 4.69) is 17.2 Å². The van der Waals surface area contributed by atoms with Crippen LogP contribution in [0.2, 0.25) is 0 Å². The maximum atomic E-state index is 11.9. The number of nitrogens with one attached hydrogen (secondary N) is 1. The van der Waals surface area contributed by atoms with Gasteiger partial charge in [0.2, 0.25) is 5.91 Å². The molecular formula is C19H20N2O2S. The molecule has 0 atom stereocenters. The Morgan fingerprint density at radius 2 is 1.96 bits per heavy atom. The molecule has 124 valence electrons. The lowest BCUT2D eigenvalue weighted by molar-refractivity contribution is -0.121. The zero-order valence-electron chi connectivity index (χ0n) is 13.6. The largest absolute Gasteiger partial charge is 0.364 e. The number of hydrogen-bond acceptors (Lipinski definition) is 4. The molecule has 24 heavy (non-hydrogen) atoms. The van der Waals surface area contributed by atoms with Crippen molar-refractivity contribution in [2.75, 3.05) is 11.9 Å². The third-order valence-electron chi connectivity index (χ3n) is 3.57. The second-order valence-electron chi connectivity index (χ2n) is 5.56. The number of nitrogens with zero attached hydrogens (tertiary/aromatic N) is 1. The van der Waals surface area contributed by atoms with Gasteiger partial charge in [0.25, 0.3) is 0 Å². The molecule has 0 bridgehead atoms. The molecular weight excluding hydrogens is 320 g/mol. The molecule has 0 aliphatic rings. The second-order valence-corrected chi connectivity index (χ2v) is 6.68. The standard InChI is InChI=1S/C19H20N2O2S/c1-2-5-14-8-10-15(11-9-14)20-18(22)12-23-13-19-21-16-6-3-4-7-17(16)24-19/h3-4,6-11H,2,5,12-13H2,1H3,(H,20,22). The minimum atomic E-state index is -0.153. The molecule has 1 N–H and O–H groups in total. The van der Waals surface area contributed by atoms with Crippen molar-refractivity contribution < 1.29 is 9.53 Å². The van der Waals surface area contributed by atoms with Gasteiger partial charge in [0, 0.05) is 5.69 Å². The molecule has 0 aliphatic carbocycles. The number of aryl methyl sites for hydroxylation is 1. The summed E-state index contributed by atoms with van der Waals surface area (Å²) in [5.74, 6) is -0.153. The smallest absolute Gasteiger partial charge is 0.250 e. The summed E-state index contributed by atoms with van der Waals surface area (Å²) < 4.78 is 6.61. The minimum Gasteiger partial charge on any atom is -0.364 e. The van der Waals surface area contributed by atoms with Crippen molar-refractivity contribution in [3.8, 4) is 0 Å². The van der Waals surface area contributed by atoms with E-state index < -0.39 is 0 Å². The summed E-state index contributed by atoms with van der Waals surface area (Å²) >= 11 is 1.59. The van der Waals surface area contributed by atoms with Crippen molar-refractivity contribution in [3.63, 3.8) is 0 Å². The van der Waals surface area contributed by atoms with E-state index in [9.17, 15) is 4.79 Å². The highest BCUT2D eigenvalue weighted by molar-refractivity contribution is 7.18. The lowest BCUT2D eigenvalue weighted by atomic mass is 10.1. The Hall–Kier alpha value is -2.24. The summed E-state index contributed by atoms with van der Waals surface area (Å²) in [4.78, 5) is 16.4. The molecule has 5 heteroatoms. The number of carbonyl (C=O) groups is 1. The predicted molar refractivity (Wildman–Crippen MR) is 98.3 cm³/mol. The summed E-state index contributed by atoms with van der Waals surface area (Å²) in [6, 6.07) is 15.9. The van der Waals surface area contributed by atoms with Crippen LogP contribution in [-0.4, -0.2) is 17.5 Å². The number of amides is 1. The van der Waals surface area contributed by atoms with Gasteiger partial charge in [0.05, 0.1) is 16.8 Å². The van der Waals surface area contributed by atoms with Crippen molar-refractivity contribution in [2.24, 2.45) is 0 Å². The molecule has 0 saturated carbocycles. The average molecular weight is 340 g/mol. The van der Waals surface area contributed by atoms with Crippen LogP contribution < -0.4 is 5.32 Å². The molecule has 0 fully saturated rings. The lowest BCUT2D eigenvalue weighted by Crippen LogP contribution is -2.18. The molecule has 2 aromatic carbocycles. The summed E-state index contributed by atoms with van der Waals surface area (Å²) in [6.07, 6.45) is 2.17. The lowest BCUT2D eigenvalue weighted by Gasteiger charge is -2.06. The van der Waals surface area contributed by atoms with Gasteiger partial charge in [-0.15, -0.1) is 11.3 Å². The van der Waals surface area contributed by atoms with Crippen LogP contribution in [0.3, 0.4) is 0 Å². The number of ether oxygens (including phenoxy) is 1. The Bertz CT molecular complexity index is 779. The van der Waals surface area contributed by atoms with Crippen molar-refractivity contribution in [1.29, 1.82) is 0 Å². The Balaban J connectivity index is 1.46. The maximum Gasteiger partial charge on any atom is 0.250 e. The molecule has 4 nitrogen and oxygen atoms in total. The predicted octanol–water partition coefficient (Wildman–Crippen LogP) is 4.40. The van der Waals surface area contributed by atoms with Crippen molar-refractivity contribution in [2.45, 2.75) is 26.4 Å². The highest BCUT2D eigenvalue weighted by Crippen LogP contribution is 2.21. The number of benzene rings is 2. The van der Waals surface area contributed by atoms with Crippen LogP contribution in [0, 0.1) is 0 Å². The number of thiazole rings is 1. The van der Waals surface area contributed by atoms with Crippen LogP contribution in [0.25, 0.3) is 10.2 Å². The first-order valence-electron chi connectivity index (χ1n) is 8.05. The van der Waals surface area contributed by atoms with E-state index in [0.717, 1.165) is 33.8 Å². The fourth-order valence-electron chi connectivity index (χ4n) is 2.45. The first-order valence-corrected chi connectivity index (χ1v) is 8.87. The van der Waals surface area contributed by atoms with Crippen LogP contribution >= 0.6 is 11.3 Å². The Morgan fingerprint density at radius 1 is 1.17 bits per heavy atom. The van der Waals surface area contributed by atoms with Crippen molar-refractivity contribution >= 4 is 33.1 Å². The topological polar surface area (TPSA) is 51.2 Å². The van der Waals surface area contributed by atoms with Crippen molar-refractivity contribution in [1.82, 2.24) is 4.98 Å². The van der Waals surface area contributed by atoms with Gasteiger partial charge in [-0.1, -0.05) is 37.6 Å². The normalized spacial score (nSPS) is 10.9. The number of anilines is 1. The van der Waals surface area contributed by atoms with E-state index in [1.807, 2.05) is 48.5 Å². The molecule has 1 aromatic heterocycles. The summed E-state index contributed by atoms with van der Waals surface area (Å²) in [7, 11) is 0. The monoisotopic (exact) mass is 340 g/mol. The third kappa shape index (κ3) is 4.40. The van der Waals surface area contributed by atoms with Crippen LogP contribution in [0.1, 0.15) is 23.9 Å². The fraction of sp³-hybridized carbons (Fsp3) is 0.263. The summed E-state index contributed by atoms with van der Waals surface area (Å²) in [6.45, 7) is 2.52. The van der Waals surface area contributed by atoms with E-state index in [0.29, 0.717) is 6.61 Å². The minimum absolute atomic E-state index is 0.0205. The summed E-state index contributed by atoms with van der Waals surface area (Å²) in [5.41, 5.74) is 3.05. The van der Waals surface area contributed by atoms with Gasteiger partial charge in [-0.3, -0.25) is 4.79 Å². The molecule has 3 rings (SSSR count). The van der Waals surface area contributed by atoms with Gasteiger partial charge in [-0.25, -0.2) is 4.98 Å². The molecule has 3 aromatic rings. The Kier molecular flexibility index (Phi) is 5.56. The van der Waals surface area contributed by atoms with E-state index in [1.165, 1.54) is 5.56 Å². The molecule has 1 heterocycles. The SMILES string of the molecule is CCCc1ccc(NC(=O)COCc2nc3ccccc3s2)cc1. The van der Waals surface area contributed by atoms with Gasteiger partial charge in [0.1, 0.15) is 11.6 Å². The number of fused-ring (bicyclic) bond motifs is 1. The number of aromatic nitrogens is 1. The highest BCUT2D eigenvalue weighted by atomic mass is 32.1. The average Bonchev–Trinajstić information content (AvgIpc) is 2.99. The van der Waals surface area contributed by atoms with E-state index in [-0.39, 0.29) is 12.5 Å². The van der Waals surface area contributed by atoms with Gasteiger partial charge in [-0.05, 0) is 36.2 Å². The first-order chi connectivity index (χ1) is 11.7. The molecule has 0 saturated heterocycles. The van der Waals surface area contributed by atoms with Crippen LogP contribution in [0.15, 0.2) is 48.5 Å². The third-order valence-corrected chi connectivity index (χ3v) is 4.58. The maximum absolute atomic E-state index is 11.9. The zero-order chi connectivity index (χ0) is 16.8. The number of carbonyl (C=O) groups excluding carboxylic acids is 1. The number of rotatable bonds is 7. The number of hydrogen-bond donors (Lipinski definition) is 1. The van der Waals surface area contributed by atoms with Gasteiger partial charge >= 0.3 is 0 Å². The second kappa shape index (κ2) is 8.04. The Labute approximate surface area is 145 Å². The zero-order valence-corrected chi connectivity index (χ0v) is 14.4. The molecule has 0 spiro atoms. The van der Waals surface area contributed by atoms with Crippen molar-refractivity contribution in [3.05, 3.63) is 59.1 Å². The molecule has 0 unspecified atom stereocenters. The number of para-hydroxylation sites is 1. The fourth-order valence-corrected chi connectivity index (χ4v) is 3.36.